The van der Waals surface area contributed by atoms with Gasteiger partial charge in [-0.2, -0.15) is 5.21 Å². The van der Waals surface area contributed by atoms with Gasteiger partial charge in [-0.25, -0.2) is 4.98 Å². The third-order valence-electron chi connectivity index (χ3n) is 2.74. The van der Waals surface area contributed by atoms with Crippen LogP contribution in [0.1, 0.15) is 42.5 Å². The van der Waals surface area contributed by atoms with Crippen molar-refractivity contribution in [2.45, 2.75) is 26.3 Å². The highest BCUT2D eigenvalue weighted by atomic mass is 35.5. The predicted molar refractivity (Wildman–Crippen MR) is 78.1 cm³/mol. The van der Waals surface area contributed by atoms with E-state index in [9.17, 15) is 4.79 Å². The molecule has 8 nitrogen and oxygen atoms in total. The van der Waals surface area contributed by atoms with Crippen molar-refractivity contribution in [2.24, 2.45) is 0 Å². The molecule has 2 rings (SSSR count). The van der Waals surface area contributed by atoms with Crippen LogP contribution in [0.25, 0.3) is 0 Å². The summed E-state index contributed by atoms with van der Waals surface area (Å²) in [5.41, 5.74) is 0.373. The Morgan fingerprint density at radius 2 is 2.33 bits per heavy atom. The van der Waals surface area contributed by atoms with Crippen LogP contribution in [0.3, 0.4) is 0 Å². The molecule has 0 aliphatic heterocycles. The second kappa shape index (κ2) is 6.98. The lowest BCUT2D eigenvalue weighted by Gasteiger charge is -2.11. The molecule has 0 fully saturated rings. The molecule has 0 radical (unpaired) electrons. The van der Waals surface area contributed by atoms with Gasteiger partial charge >= 0.3 is 0 Å². The zero-order valence-electron chi connectivity index (χ0n) is 11.7. The molecule has 0 aromatic carbocycles. The summed E-state index contributed by atoms with van der Waals surface area (Å²) in [6.07, 6.45) is 2.44. The van der Waals surface area contributed by atoms with Gasteiger partial charge in [0.15, 0.2) is 5.82 Å². The Hall–Kier alpha value is -2.22. The molecule has 0 aliphatic carbocycles. The second-order valence-corrected chi connectivity index (χ2v) is 4.85. The first-order valence-corrected chi connectivity index (χ1v) is 6.93. The van der Waals surface area contributed by atoms with Gasteiger partial charge in [0.2, 0.25) is 0 Å². The maximum absolute atomic E-state index is 12.1. The third kappa shape index (κ3) is 3.88. The lowest BCUT2D eigenvalue weighted by atomic mass is 10.2. The normalized spacial score (nSPS) is 12.0. The molecule has 0 spiro atoms. The monoisotopic (exact) mass is 309 g/mol. The molecular formula is C12H16ClN7O. The van der Waals surface area contributed by atoms with Crippen LogP contribution in [-0.2, 0) is 0 Å². The fraction of sp³-hybridized carbons (Fsp3) is 0.417. The molecule has 1 atom stereocenters. The quantitative estimate of drug-likeness (QED) is 0.747. The number of H-pyrrole nitrogens is 1. The van der Waals surface area contributed by atoms with Crippen molar-refractivity contribution in [2.75, 3.05) is 11.9 Å². The van der Waals surface area contributed by atoms with Crippen molar-refractivity contribution in [1.29, 1.82) is 0 Å². The molecule has 0 saturated heterocycles. The lowest BCUT2D eigenvalue weighted by molar-refractivity contribution is 0.0938. The van der Waals surface area contributed by atoms with Gasteiger partial charge in [0, 0.05) is 12.7 Å². The number of hydrogen-bond acceptors (Lipinski definition) is 6. The molecule has 112 valence electrons. The smallest absolute Gasteiger partial charge is 0.253 e. The number of nitrogens with zero attached hydrogens (tertiary/aromatic N) is 4. The van der Waals surface area contributed by atoms with Gasteiger partial charge in [-0.15, -0.1) is 10.2 Å². The van der Waals surface area contributed by atoms with Gasteiger partial charge in [-0.3, -0.25) is 4.79 Å². The molecular weight excluding hydrogens is 294 g/mol. The van der Waals surface area contributed by atoms with Crippen molar-refractivity contribution >= 4 is 23.3 Å². The van der Waals surface area contributed by atoms with E-state index in [-0.39, 0.29) is 11.9 Å². The fourth-order valence-corrected chi connectivity index (χ4v) is 1.87. The van der Waals surface area contributed by atoms with Crippen molar-refractivity contribution in [3.8, 4) is 0 Å². The highest BCUT2D eigenvalue weighted by Gasteiger charge is 2.16. The average molecular weight is 310 g/mol. The van der Waals surface area contributed by atoms with Crippen molar-refractivity contribution in [3.05, 3.63) is 28.7 Å². The Kier molecular flexibility index (Phi) is 5.04. The van der Waals surface area contributed by atoms with Crippen LogP contribution < -0.4 is 10.6 Å². The van der Waals surface area contributed by atoms with E-state index in [4.69, 9.17) is 11.6 Å². The van der Waals surface area contributed by atoms with E-state index in [0.29, 0.717) is 22.2 Å². The number of nitrogens with one attached hydrogen (secondary N) is 3. The summed E-state index contributed by atoms with van der Waals surface area (Å²) in [5.74, 6) is 0.675. The molecule has 1 amide bonds. The standard InChI is InChI=1S/C12H16ClN7O/c1-3-4-14-11-9(13)5-8(6-15-11)12(21)16-7(2)10-17-19-20-18-10/h5-7H,3-4H2,1-2H3,(H,14,15)(H,16,21)(H,17,18,19,20). The lowest BCUT2D eigenvalue weighted by Crippen LogP contribution is -2.27. The van der Waals surface area contributed by atoms with Crippen molar-refractivity contribution < 1.29 is 4.79 Å². The van der Waals surface area contributed by atoms with Gasteiger partial charge in [0.1, 0.15) is 5.82 Å². The summed E-state index contributed by atoms with van der Waals surface area (Å²) in [4.78, 5) is 16.3. The van der Waals surface area contributed by atoms with E-state index < -0.39 is 0 Å². The first kappa shape index (κ1) is 15.2. The molecule has 2 aromatic heterocycles. The number of carbonyl (C=O) groups is 1. The number of halogens is 1. The van der Waals surface area contributed by atoms with Crippen LogP contribution in [0, 0.1) is 0 Å². The Balaban J connectivity index is 2.04. The summed E-state index contributed by atoms with van der Waals surface area (Å²) in [6.45, 7) is 4.57. The van der Waals surface area contributed by atoms with E-state index in [2.05, 4.69) is 36.2 Å². The Bertz CT molecular complexity index is 602. The summed E-state index contributed by atoms with van der Waals surface area (Å²) in [7, 11) is 0. The molecule has 0 aliphatic rings. The number of tetrazole rings is 1. The third-order valence-corrected chi connectivity index (χ3v) is 3.03. The molecule has 0 saturated carbocycles. The van der Waals surface area contributed by atoms with Gasteiger partial charge in [-0.05, 0) is 19.4 Å². The molecule has 2 aromatic rings. The zero-order valence-corrected chi connectivity index (χ0v) is 12.5. The topological polar surface area (TPSA) is 108 Å². The number of aromatic nitrogens is 5. The summed E-state index contributed by atoms with van der Waals surface area (Å²) >= 11 is 6.10. The number of amides is 1. The summed E-state index contributed by atoms with van der Waals surface area (Å²) < 4.78 is 0. The maximum atomic E-state index is 12.1. The second-order valence-electron chi connectivity index (χ2n) is 4.45. The number of carbonyl (C=O) groups excluding carboxylic acids is 1. The predicted octanol–water partition coefficient (Wildman–Crippen LogP) is 1.56. The molecule has 0 bridgehead atoms. The first-order valence-electron chi connectivity index (χ1n) is 6.55. The van der Waals surface area contributed by atoms with Gasteiger partial charge in [0.05, 0.1) is 16.6 Å². The zero-order chi connectivity index (χ0) is 15.2. The molecule has 9 heteroatoms. The van der Waals surface area contributed by atoms with Gasteiger partial charge < -0.3 is 10.6 Å². The Morgan fingerprint density at radius 1 is 1.52 bits per heavy atom. The summed E-state index contributed by atoms with van der Waals surface area (Å²) in [6, 6.07) is 1.21. The largest absolute Gasteiger partial charge is 0.369 e. The highest BCUT2D eigenvalue weighted by Crippen LogP contribution is 2.20. The highest BCUT2D eigenvalue weighted by molar-refractivity contribution is 6.33. The van der Waals surface area contributed by atoms with Crippen LogP contribution in [0.15, 0.2) is 12.3 Å². The van der Waals surface area contributed by atoms with E-state index in [1.54, 1.807) is 13.0 Å². The minimum atomic E-state index is -0.368. The SMILES string of the molecule is CCCNc1ncc(C(=O)NC(C)c2nn[nH]n2)cc1Cl. The van der Waals surface area contributed by atoms with Crippen molar-refractivity contribution in [3.63, 3.8) is 0 Å². The molecule has 1 unspecified atom stereocenters. The van der Waals surface area contributed by atoms with Crippen LogP contribution >= 0.6 is 11.6 Å². The maximum Gasteiger partial charge on any atom is 0.253 e. The van der Waals surface area contributed by atoms with Crippen LogP contribution in [0.2, 0.25) is 5.02 Å². The number of hydrogen-bond donors (Lipinski definition) is 3. The number of pyridine rings is 1. The number of rotatable bonds is 6. The van der Waals surface area contributed by atoms with E-state index in [1.807, 2.05) is 6.92 Å². The van der Waals surface area contributed by atoms with Crippen LogP contribution in [0.4, 0.5) is 5.82 Å². The number of aromatic amines is 1. The van der Waals surface area contributed by atoms with E-state index in [1.165, 1.54) is 6.20 Å². The molecule has 3 N–H and O–H groups in total. The van der Waals surface area contributed by atoms with E-state index in [0.717, 1.165) is 13.0 Å². The minimum Gasteiger partial charge on any atom is -0.369 e. The van der Waals surface area contributed by atoms with Crippen molar-refractivity contribution in [1.82, 2.24) is 30.9 Å². The minimum absolute atomic E-state index is 0.302. The molecule has 2 heterocycles. The Morgan fingerprint density at radius 3 is 2.95 bits per heavy atom. The van der Waals surface area contributed by atoms with Crippen LogP contribution in [-0.4, -0.2) is 38.1 Å². The molecule has 21 heavy (non-hydrogen) atoms. The van der Waals surface area contributed by atoms with Gasteiger partial charge in [-0.1, -0.05) is 23.7 Å². The summed E-state index contributed by atoms with van der Waals surface area (Å²) in [5, 5.41) is 19.6. The first-order chi connectivity index (χ1) is 10.1. The van der Waals surface area contributed by atoms with E-state index >= 15 is 0 Å². The average Bonchev–Trinajstić information content (AvgIpc) is 3.00. The Labute approximate surface area is 126 Å². The van der Waals surface area contributed by atoms with Crippen LogP contribution in [0.5, 0.6) is 0 Å². The number of anilines is 1. The fourth-order valence-electron chi connectivity index (χ4n) is 1.63. The van der Waals surface area contributed by atoms with Gasteiger partial charge in [0.25, 0.3) is 5.91 Å².